The van der Waals surface area contributed by atoms with E-state index in [0.29, 0.717) is 6.10 Å². The number of likely N-dealkylation sites (tertiary alicyclic amines) is 1. The quantitative estimate of drug-likeness (QED) is 0.443. The summed E-state index contributed by atoms with van der Waals surface area (Å²) in [5.74, 6) is 1.82. The molecule has 1 aliphatic rings. The van der Waals surface area contributed by atoms with Crippen LogP contribution in [-0.2, 0) is 16.0 Å². The van der Waals surface area contributed by atoms with E-state index in [4.69, 9.17) is 14.2 Å². The summed E-state index contributed by atoms with van der Waals surface area (Å²) in [6, 6.07) is 8.09. The van der Waals surface area contributed by atoms with E-state index in [1.54, 1.807) is 14.2 Å². The van der Waals surface area contributed by atoms with Gasteiger partial charge in [-0.25, -0.2) is 0 Å². The summed E-state index contributed by atoms with van der Waals surface area (Å²) >= 11 is 0. The monoisotopic (exact) mass is 349 g/mol. The van der Waals surface area contributed by atoms with E-state index < -0.39 is 0 Å². The largest absolute Gasteiger partial charge is 0.497 e. The van der Waals surface area contributed by atoms with Crippen LogP contribution in [0.25, 0.3) is 0 Å². The van der Waals surface area contributed by atoms with Crippen LogP contribution in [0.15, 0.2) is 29.3 Å². The second-order valence-corrected chi connectivity index (χ2v) is 6.16. The van der Waals surface area contributed by atoms with E-state index in [9.17, 15) is 0 Å². The summed E-state index contributed by atoms with van der Waals surface area (Å²) in [7, 11) is 5.25. The van der Waals surface area contributed by atoms with Gasteiger partial charge in [0.05, 0.1) is 13.2 Å². The number of rotatable bonds is 8. The van der Waals surface area contributed by atoms with Crippen LogP contribution in [0.4, 0.5) is 0 Å². The topological polar surface area (TPSA) is 55.3 Å². The average Bonchev–Trinajstić information content (AvgIpc) is 2.67. The van der Waals surface area contributed by atoms with Crippen molar-refractivity contribution in [2.24, 2.45) is 4.99 Å². The number of piperidine rings is 1. The number of nitrogens with zero attached hydrogens (tertiary/aromatic N) is 2. The highest BCUT2D eigenvalue weighted by Gasteiger charge is 2.21. The molecule has 1 fully saturated rings. The van der Waals surface area contributed by atoms with Crippen molar-refractivity contribution in [3.63, 3.8) is 0 Å². The molecule has 6 heteroatoms. The predicted molar refractivity (Wildman–Crippen MR) is 100 cm³/mol. The number of benzene rings is 1. The Kier molecular flexibility index (Phi) is 8.55. The molecule has 0 aromatic heterocycles. The molecule has 0 unspecified atom stereocenters. The third-order valence-corrected chi connectivity index (χ3v) is 4.38. The minimum Gasteiger partial charge on any atom is -0.497 e. The van der Waals surface area contributed by atoms with Gasteiger partial charge in [-0.05, 0) is 37.0 Å². The first-order valence-electron chi connectivity index (χ1n) is 8.96. The van der Waals surface area contributed by atoms with Gasteiger partial charge in [0.25, 0.3) is 0 Å². The standard InChI is InChI=1S/C19H31N3O3/c1-20-19(21-15-16-6-4-7-18(14-16)24-3)22-10-8-17(9-11-22)25-13-5-12-23-2/h4,6-7,14,17H,5,8-13,15H2,1-3H3,(H,20,21). The summed E-state index contributed by atoms with van der Waals surface area (Å²) in [5, 5.41) is 3.44. The molecule has 0 saturated carbocycles. The Bertz CT molecular complexity index is 528. The second-order valence-electron chi connectivity index (χ2n) is 6.16. The fourth-order valence-electron chi connectivity index (χ4n) is 2.98. The first-order valence-corrected chi connectivity index (χ1v) is 8.96. The number of ether oxygens (including phenoxy) is 3. The minimum atomic E-state index is 0.351. The van der Waals surface area contributed by atoms with Crippen molar-refractivity contribution >= 4 is 5.96 Å². The lowest BCUT2D eigenvalue weighted by atomic mass is 10.1. The van der Waals surface area contributed by atoms with Crippen LogP contribution < -0.4 is 10.1 Å². The van der Waals surface area contributed by atoms with Crippen LogP contribution in [-0.4, -0.2) is 64.5 Å². The molecule has 1 saturated heterocycles. The molecule has 1 heterocycles. The Morgan fingerprint density at radius 2 is 2.04 bits per heavy atom. The molecule has 1 aliphatic heterocycles. The van der Waals surface area contributed by atoms with Crippen LogP contribution in [0, 0.1) is 0 Å². The van der Waals surface area contributed by atoms with Crippen LogP contribution in [0.1, 0.15) is 24.8 Å². The zero-order chi connectivity index (χ0) is 17.9. The van der Waals surface area contributed by atoms with E-state index >= 15 is 0 Å². The molecule has 0 atom stereocenters. The molecule has 1 aromatic rings. The number of aliphatic imine (C=N–C) groups is 1. The lowest BCUT2D eigenvalue weighted by Gasteiger charge is -2.34. The van der Waals surface area contributed by atoms with Crippen LogP contribution in [0.3, 0.4) is 0 Å². The van der Waals surface area contributed by atoms with Crippen LogP contribution >= 0.6 is 0 Å². The Hall–Kier alpha value is -1.79. The summed E-state index contributed by atoms with van der Waals surface area (Å²) < 4.78 is 16.2. The fraction of sp³-hybridized carbons (Fsp3) is 0.632. The van der Waals surface area contributed by atoms with E-state index in [1.165, 1.54) is 5.56 Å². The first kappa shape index (κ1) is 19.5. The van der Waals surface area contributed by atoms with Gasteiger partial charge in [-0.15, -0.1) is 0 Å². The molecular formula is C19H31N3O3. The summed E-state index contributed by atoms with van der Waals surface area (Å²) in [6.45, 7) is 4.21. The van der Waals surface area contributed by atoms with Crippen molar-refractivity contribution in [1.29, 1.82) is 0 Å². The van der Waals surface area contributed by atoms with Gasteiger partial charge in [0.15, 0.2) is 5.96 Å². The molecule has 0 radical (unpaired) electrons. The van der Waals surface area contributed by atoms with Gasteiger partial charge in [-0.1, -0.05) is 12.1 Å². The number of nitrogens with one attached hydrogen (secondary N) is 1. The maximum Gasteiger partial charge on any atom is 0.193 e. The van der Waals surface area contributed by atoms with Gasteiger partial charge >= 0.3 is 0 Å². The second kappa shape index (κ2) is 10.9. The van der Waals surface area contributed by atoms with Crippen molar-refractivity contribution in [3.05, 3.63) is 29.8 Å². The van der Waals surface area contributed by atoms with Crippen LogP contribution in [0.5, 0.6) is 5.75 Å². The predicted octanol–water partition coefficient (Wildman–Crippen LogP) is 2.29. The summed E-state index contributed by atoms with van der Waals surface area (Å²) in [6.07, 6.45) is 3.38. The highest BCUT2D eigenvalue weighted by molar-refractivity contribution is 5.80. The zero-order valence-electron chi connectivity index (χ0n) is 15.7. The minimum absolute atomic E-state index is 0.351. The number of methoxy groups -OCH3 is 2. The van der Waals surface area contributed by atoms with Crippen molar-refractivity contribution in [3.8, 4) is 5.75 Å². The molecule has 6 nitrogen and oxygen atoms in total. The average molecular weight is 349 g/mol. The van der Waals surface area contributed by atoms with Gasteiger partial charge < -0.3 is 24.4 Å². The smallest absolute Gasteiger partial charge is 0.193 e. The van der Waals surface area contributed by atoms with E-state index in [0.717, 1.165) is 63.8 Å². The number of hydrogen-bond donors (Lipinski definition) is 1. The van der Waals surface area contributed by atoms with Crippen molar-refractivity contribution in [2.45, 2.75) is 31.9 Å². The highest BCUT2D eigenvalue weighted by atomic mass is 16.5. The van der Waals surface area contributed by atoms with E-state index in [2.05, 4.69) is 21.3 Å². The lowest BCUT2D eigenvalue weighted by Crippen LogP contribution is -2.46. The summed E-state index contributed by atoms with van der Waals surface area (Å²) in [4.78, 5) is 6.72. The number of hydrogen-bond acceptors (Lipinski definition) is 4. The van der Waals surface area contributed by atoms with Gasteiger partial charge in [0.2, 0.25) is 0 Å². The number of guanidine groups is 1. The summed E-state index contributed by atoms with van der Waals surface area (Å²) in [5.41, 5.74) is 1.18. The molecule has 25 heavy (non-hydrogen) atoms. The first-order chi connectivity index (χ1) is 12.3. The fourth-order valence-corrected chi connectivity index (χ4v) is 2.98. The van der Waals surface area contributed by atoms with Gasteiger partial charge in [0, 0.05) is 47.0 Å². The molecule has 0 bridgehead atoms. The normalized spacial score (nSPS) is 16.1. The van der Waals surface area contributed by atoms with Crippen LogP contribution in [0.2, 0.25) is 0 Å². The van der Waals surface area contributed by atoms with E-state index in [1.807, 2.05) is 25.2 Å². The Morgan fingerprint density at radius 3 is 2.72 bits per heavy atom. The maximum atomic E-state index is 5.92. The maximum absolute atomic E-state index is 5.92. The lowest BCUT2D eigenvalue weighted by molar-refractivity contribution is 0.00989. The van der Waals surface area contributed by atoms with Crippen molar-refractivity contribution in [2.75, 3.05) is 47.6 Å². The van der Waals surface area contributed by atoms with Crippen molar-refractivity contribution < 1.29 is 14.2 Å². The SMILES string of the molecule is CN=C(NCc1cccc(OC)c1)N1CCC(OCCCOC)CC1. The van der Waals surface area contributed by atoms with E-state index in [-0.39, 0.29) is 0 Å². The van der Waals surface area contributed by atoms with Gasteiger partial charge in [-0.3, -0.25) is 4.99 Å². The molecular weight excluding hydrogens is 318 g/mol. The Labute approximate surface area is 151 Å². The molecule has 0 spiro atoms. The third kappa shape index (κ3) is 6.55. The van der Waals surface area contributed by atoms with Gasteiger partial charge in [-0.2, -0.15) is 0 Å². The van der Waals surface area contributed by atoms with Crippen molar-refractivity contribution in [1.82, 2.24) is 10.2 Å². The zero-order valence-corrected chi connectivity index (χ0v) is 15.7. The van der Waals surface area contributed by atoms with Gasteiger partial charge in [0.1, 0.15) is 5.75 Å². The molecule has 1 N–H and O–H groups in total. The third-order valence-electron chi connectivity index (χ3n) is 4.38. The highest BCUT2D eigenvalue weighted by Crippen LogP contribution is 2.15. The molecule has 1 aromatic carbocycles. The Balaban J connectivity index is 1.74. The molecule has 0 aliphatic carbocycles. The molecule has 2 rings (SSSR count). The molecule has 140 valence electrons. The Morgan fingerprint density at radius 1 is 1.24 bits per heavy atom. The molecule has 0 amide bonds.